The number of hydrogen-bond acceptors (Lipinski definition) is 3. The second kappa shape index (κ2) is 8.35. The second-order valence-corrected chi connectivity index (χ2v) is 7.02. The van der Waals surface area contributed by atoms with Crippen molar-refractivity contribution in [2.45, 2.75) is 77.4 Å². The maximum atomic E-state index is 5.83. The molecule has 1 saturated carbocycles. The minimum absolute atomic E-state index is 0.584. The minimum atomic E-state index is 0.584. The lowest BCUT2D eigenvalue weighted by Gasteiger charge is -2.44. The Morgan fingerprint density at radius 2 is 1.95 bits per heavy atom. The van der Waals surface area contributed by atoms with Crippen molar-refractivity contribution in [3.8, 4) is 0 Å². The molecule has 3 heteroatoms. The fourth-order valence-electron chi connectivity index (χ4n) is 3.83. The van der Waals surface area contributed by atoms with Crippen LogP contribution >= 0.6 is 0 Å². The summed E-state index contributed by atoms with van der Waals surface area (Å²) in [4.78, 5) is 2.80. The Balaban J connectivity index is 2.02. The summed E-state index contributed by atoms with van der Waals surface area (Å²) in [5, 5.41) is 3.78. The SMILES string of the molecule is CCCNC1CCOCC1N(CC(C)C)C1CCCC1. The Bertz CT molecular complexity index is 264. The van der Waals surface area contributed by atoms with Gasteiger partial charge in [-0.1, -0.05) is 33.6 Å². The molecule has 1 aliphatic heterocycles. The highest BCUT2D eigenvalue weighted by Gasteiger charge is 2.35. The Hall–Kier alpha value is -0.120. The quantitative estimate of drug-likeness (QED) is 0.777. The average molecular weight is 282 g/mol. The van der Waals surface area contributed by atoms with Gasteiger partial charge in [0.05, 0.1) is 6.61 Å². The molecule has 1 saturated heterocycles. The maximum absolute atomic E-state index is 5.83. The van der Waals surface area contributed by atoms with E-state index in [0.717, 1.165) is 31.7 Å². The summed E-state index contributed by atoms with van der Waals surface area (Å²) in [6.45, 7) is 11.2. The zero-order valence-electron chi connectivity index (χ0n) is 13.7. The minimum Gasteiger partial charge on any atom is -0.380 e. The van der Waals surface area contributed by atoms with E-state index in [4.69, 9.17) is 4.74 Å². The molecule has 1 aliphatic carbocycles. The Morgan fingerprint density at radius 1 is 1.20 bits per heavy atom. The first-order chi connectivity index (χ1) is 9.72. The van der Waals surface area contributed by atoms with E-state index in [0.29, 0.717) is 12.1 Å². The van der Waals surface area contributed by atoms with Crippen molar-refractivity contribution in [1.29, 1.82) is 0 Å². The highest BCUT2D eigenvalue weighted by Crippen LogP contribution is 2.28. The van der Waals surface area contributed by atoms with Gasteiger partial charge in [0, 0.05) is 31.3 Å². The van der Waals surface area contributed by atoms with Crippen LogP contribution in [0.15, 0.2) is 0 Å². The van der Waals surface area contributed by atoms with Crippen LogP contribution in [-0.2, 0) is 4.74 Å². The van der Waals surface area contributed by atoms with E-state index in [-0.39, 0.29) is 0 Å². The van der Waals surface area contributed by atoms with Crippen molar-refractivity contribution in [3.05, 3.63) is 0 Å². The molecule has 0 aromatic carbocycles. The molecule has 2 rings (SSSR count). The molecule has 2 fully saturated rings. The molecule has 20 heavy (non-hydrogen) atoms. The van der Waals surface area contributed by atoms with Crippen LogP contribution in [0.2, 0.25) is 0 Å². The van der Waals surface area contributed by atoms with Crippen molar-refractivity contribution in [3.63, 3.8) is 0 Å². The van der Waals surface area contributed by atoms with Crippen molar-refractivity contribution >= 4 is 0 Å². The van der Waals surface area contributed by atoms with Gasteiger partial charge in [0.25, 0.3) is 0 Å². The first kappa shape index (κ1) is 16.3. The molecule has 1 N–H and O–H groups in total. The Kier molecular flexibility index (Phi) is 6.79. The van der Waals surface area contributed by atoms with E-state index in [1.165, 1.54) is 45.1 Å². The number of rotatable bonds is 7. The molecule has 0 bridgehead atoms. The summed E-state index contributed by atoms with van der Waals surface area (Å²) in [5.74, 6) is 0.740. The van der Waals surface area contributed by atoms with E-state index in [1.54, 1.807) is 0 Å². The first-order valence-corrected chi connectivity index (χ1v) is 8.79. The zero-order valence-corrected chi connectivity index (χ0v) is 13.7. The zero-order chi connectivity index (χ0) is 14.4. The molecule has 0 radical (unpaired) electrons. The molecule has 1 heterocycles. The van der Waals surface area contributed by atoms with E-state index in [9.17, 15) is 0 Å². The average Bonchev–Trinajstić information content (AvgIpc) is 2.97. The van der Waals surface area contributed by atoms with Gasteiger partial charge in [0.2, 0.25) is 0 Å². The topological polar surface area (TPSA) is 24.5 Å². The molecule has 2 aliphatic rings. The summed E-state index contributed by atoms with van der Waals surface area (Å²) in [6.07, 6.45) is 8.01. The van der Waals surface area contributed by atoms with Crippen molar-refractivity contribution < 1.29 is 4.74 Å². The van der Waals surface area contributed by atoms with Crippen LogP contribution in [0, 0.1) is 5.92 Å². The summed E-state index contributed by atoms with van der Waals surface area (Å²) in [5.41, 5.74) is 0. The number of nitrogens with zero attached hydrogens (tertiary/aromatic N) is 1. The van der Waals surface area contributed by atoms with Gasteiger partial charge < -0.3 is 10.1 Å². The monoisotopic (exact) mass is 282 g/mol. The molecule has 2 unspecified atom stereocenters. The lowest BCUT2D eigenvalue weighted by molar-refractivity contribution is -0.0233. The molecular weight excluding hydrogens is 248 g/mol. The summed E-state index contributed by atoms with van der Waals surface area (Å²) < 4.78 is 5.83. The third-order valence-electron chi connectivity index (χ3n) is 4.78. The van der Waals surface area contributed by atoms with Crippen LogP contribution in [-0.4, -0.2) is 49.3 Å². The van der Waals surface area contributed by atoms with Gasteiger partial charge in [-0.3, -0.25) is 4.90 Å². The van der Waals surface area contributed by atoms with Gasteiger partial charge in [-0.2, -0.15) is 0 Å². The molecular formula is C17H34N2O. The third kappa shape index (κ3) is 4.44. The van der Waals surface area contributed by atoms with Crippen LogP contribution in [0.25, 0.3) is 0 Å². The first-order valence-electron chi connectivity index (χ1n) is 8.79. The van der Waals surface area contributed by atoms with E-state index in [2.05, 4.69) is 31.0 Å². The van der Waals surface area contributed by atoms with Crippen molar-refractivity contribution in [2.75, 3.05) is 26.3 Å². The normalized spacial score (nSPS) is 28.6. The van der Waals surface area contributed by atoms with E-state index in [1.807, 2.05) is 0 Å². The number of nitrogens with one attached hydrogen (secondary N) is 1. The molecule has 0 spiro atoms. The van der Waals surface area contributed by atoms with Gasteiger partial charge in [-0.15, -0.1) is 0 Å². The molecule has 0 amide bonds. The predicted octanol–water partition coefficient (Wildman–Crippen LogP) is 3.04. The van der Waals surface area contributed by atoms with Gasteiger partial charge >= 0.3 is 0 Å². The Labute approximate surface area is 125 Å². The molecule has 3 nitrogen and oxygen atoms in total. The van der Waals surface area contributed by atoms with Crippen LogP contribution in [0.1, 0.15) is 59.3 Å². The van der Waals surface area contributed by atoms with Crippen molar-refractivity contribution in [2.24, 2.45) is 5.92 Å². The van der Waals surface area contributed by atoms with E-state index < -0.39 is 0 Å². The fraction of sp³-hybridized carbons (Fsp3) is 1.00. The van der Waals surface area contributed by atoms with Crippen molar-refractivity contribution in [1.82, 2.24) is 10.2 Å². The fourth-order valence-corrected chi connectivity index (χ4v) is 3.83. The predicted molar refractivity (Wildman–Crippen MR) is 85.1 cm³/mol. The highest BCUT2D eigenvalue weighted by molar-refractivity contribution is 4.92. The van der Waals surface area contributed by atoms with Gasteiger partial charge in [0.15, 0.2) is 0 Å². The molecule has 118 valence electrons. The molecule has 0 aromatic heterocycles. The lowest BCUT2D eigenvalue weighted by Crippen LogP contribution is -2.58. The smallest absolute Gasteiger partial charge is 0.0637 e. The van der Waals surface area contributed by atoms with E-state index >= 15 is 0 Å². The Morgan fingerprint density at radius 3 is 2.60 bits per heavy atom. The second-order valence-electron chi connectivity index (χ2n) is 7.02. The van der Waals surface area contributed by atoms with Gasteiger partial charge in [-0.25, -0.2) is 0 Å². The van der Waals surface area contributed by atoms with Gasteiger partial charge in [0.1, 0.15) is 0 Å². The number of hydrogen-bond donors (Lipinski definition) is 1. The van der Waals surface area contributed by atoms with Crippen LogP contribution in [0.4, 0.5) is 0 Å². The van der Waals surface area contributed by atoms with Crippen LogP contribution in [0.3, 0.4) is 0 Å². The number of ether oxygens (including phenoxy) is 1. The lowest BCUT2D eigenvalue weighted by atomic mass is 9.97. The standard InChI is InChI=1S/C17H34N2O/c1-4-10-18-16-9-11-20-13-17(16)19(12-14(2)3)15-7-5-6-8-15/h14-18H,4-13H2,1-3H3. The summed E-state index contributed by atoms with van der Waals surface area (Å²) >= 11 is 0. The summed E-state index contributed by atoms with van der Waals surface area (Å²) in [7, 11) is 0. The maximum Gasteiger partial charge on any atom is 0.0637 e. The van der Waals surface area contributed by atoms with Crippen LogP contribution < -0.4 is 5.32 Å². The van der Waals surface area contributed by atoms with Crippen LogP contribution in [0.5, 0.6) is 0 Å². The third-order valence-corrected chi connectivity index (χ3v) is 4.78. The summed E-state index contributed by atoms with van der Waals surface area (Å²) in [6, 6.07) is 2.01. The largest absolute Gasteiger partial charge is 0.380 e. The molecule has 0 aromatic rings. The highest BCUT2D eigenvalue weighted by atomic mass is 16.5. The molecule has 2 atom stereocenters. The van der Waals surface area contributed by atoms with Gasteiger partial charge in [-0.05, 0) is 38.1 Å².